The molecule has 0 spiro atoms. The van der Waals surface area contributed by atoms with Crippen LogP contribution < -0.4 is 5.73 Å². The van der Waals surface area contributed by atoms with Gasteiger partial charge in [0.25, 0.3) is 0 Å². The van der Waals surface area contributed by atoms with E-state index in [2.05, 4.69) is 31.9 Å². The Kier molecular flexibility index (Phi) is 4.70. The number of nitrogens with two attached hydrogens (primary N) is 1. The average molecular weight is 391 g/mol. The summed E-state index contributed by atoms with van der Waals surface area (Å²) in [4.78, 5) is 1.12. The molecule has 0 atom stereocenters. The molecule has 0 saturated carbocycles. The fraction of sp³-hybridized carbons (Fsp3) is 0.0769. The molecule has 0 amide bonds. The van der Waals surface area contributed by atoms with Crippen molar-refractivity contribution in [3.05, 3.63) is 56.7 Å². The van der Waals surface area contributed by atoms with E-state index in [9.17, 15) is 4.39 Å². The van der Waals surface area contributed by atoms with Gasteiger partial charge in [-0.25, -0.2) is 4.39 Å². The summed E-state index contributed by atoms with van der Waals surface area (Å²) in [6.45, 7) is 0. The van der Waals surface area contributed by atoms with Crippen LogP contribution in [-0.2, 0) is 5.75 Å². The first kappa shape index (κ1) is 13.9. The number of anilines is 1. The van der Waals surface area contributed by atoms with Crippen molar-refractivity contribution in [3.63, 3.8) is 0 Å². The van der Waals surface area contributed by atoms with Gasteiger partial charge in [0, 0.05) is 20.8 Å². The van der Waals surface area contributed by atoms with Crippen LogP contribution in [0.25, 0.3) is 0 Å². The Morgan fingerprint density at radius 1 is 1.06 bits per heavy atom. The van der Waals surface area contributed by atoms with Crippen molar-refractivity contribution in [1.82, 2.24) is 0 Å². The molecule has 18 heavy (non-hydrogen) atoms. The van der Waals surface area contributed by atoms with E-state index in [1.54, 1.807) is 23.9 Å². The third-order valence-corrected chi connectivity index (χ3v) is 5.01. The normalized spacial score (nSPS) is 10.6. The highest BCUT2D eigenvalue weighted by atomic mass is 79.9. The number of nitrogen functional groups attached to an aromatic ring is 1. The first-order valence-corrected chi connectivity index (χ1v) is 7.75. The fourth-order valence-corrected chi connectivity index (χ4v) is 3.45. The summed E-state index contributed by atoms with van der Waals surface area (Å²) >= 11 is 8.34. The van der Waals surface area contributed by atoms with E-state index >= 15 is 0 Å². The Labute approximate surface area is 126 Å². The molecule has 0 bridgehead atoms. The van der Waals surface area contributed by atoms with Gasteiger partial charge in [0.05, 0.1) is 4.47 Å². The average Bonchev–Trinajstić information content (AvgIpc) is 2.32. The monoisotopic (exact) mass is 389 g/mol. The lowest BCUT2D eigenvalue weighted by molar-refractivity contribution is 0.620. The van der Waals surface area contributed by atoms with E-state index in [1.807, 2.05) is 18.2 Å². The summed E-state index contributed by atoms with van der Waals surface area (Å²) in [6, 6.07) is 10.8. The number of halogens is 3. The highest BCUT2D eigenvalue weighted by Crippen LogP contribution is 2.32. The summed E-state index contributed by atoms with van der Waals surface area (Å²) in [5.74, 6) is 0.541. The van der Waals surface area contributed by atoms with Crippen LogP contribution in [0.1, 0.15) is 5.56 Å². The van der Waals surface area contributed by atoms with Gasteiger partial charge in [-0.2, -0.15) is 0 Å². The number of benzene rings is 2. The van der Waals surface area contributed by atoms with Gasteiger partial charge >= 0.3 is 0 Å². The molecular weight excluding hydrogens is 381 g/mol. The molecule has 0 aromatic heterocycles. The van der Waals surface area contributed by atoms with Crippen LogP contribution in [0, 0.1) is 5.82 Å². The Bertz CT molecular complexity index is 575. The van der Waals surface area contributed by atoms with Crippen molar-refractivity contribution in [2.45, 2.75) is 10.6 Å². The van der Waals surface area contributed by atoms with Gasteiger partial charge in [0.2, 0.25) is 0 Å². The fourth-order valence-electron chi connectivity index (χ4n) is 1.42. The Morgan fingerprint density at radius 2 is 1.83 bits per heavy atom. The van der Waals surface area contributed by atoms with Gasteiger partial charge in [-0.15, -0.1) is 11.8 Å². The summed E-state index contributed by atoms with van der Waals surface area (Å²) in [7, 11) is 0. The predicted molar refractivity (Wildman–Crippen MR) is 82.2 cm³/mol. The van der Waals surface area contributed by atoms with Crippen molar-refractivity contribution in [1.29, 1.82) is 0 Å². The zero-order valence-corrected chi connectivity index (χ0v) is 13.3. The molecule has 2 aromatic rings. The van der Waals surface area contributed by atoms with Crippen molar-refractivity contribution in [2.24, 2.45) is 0 Å². The smallest absolute Gasteiger partial charge is 0.137 e. The van der Waals surface area contributed by atoms with E-state index in [-0.39, 0.29) is 5.82 Å². The molecule has 0 radical (unpaired) electrons. The highest BCUT2D eigenvalue weighted by Gasteiger charge is 2.04. The van der Waals surface area contributed by atoms with Crippen molar-refractivity contribution in [2.75, 3.05) is 5.73 Å². The Hall–Kier alpha value is -0.520. The van der Waals surface area contributed by atoms with Crippen LogP contribution in [-0.4, -0.2) is 0 Å². The van der Waals surface area contributed by atoms with Crippen LogP contribution >= 0.6 is 43.6 Å². The molecule has 0 aliphatic rings. The largest absolute Gasteiger partial charge is 0.399 e. The summed E-state index contributed by atoms with van der Waals surface area (Å²) in [5.41, 5.74) is 7.48. The van der Waals surface area contributed by atoms with E-state index in [0.717, 1.165) is 26.4 Å². The molecular formula is C13H10Br2FNS. The third-order valence-electron chi connectivity index (χ3n) is 2.33. The van der Waals surface area contributed by atoms with E-state index in [1.165, 1.54) is 6.07 Å². The zero-order valence-electron chi connectivity index (χ0n) is 9.29. The van der Waals surface area contributed by atoms with Crippen molar-refractivity contribution < 1.29 is 4.39 Å². The second-order valence-electron chi connectivity index (χ2n) is 3.73. The number of hydrogen-bond donors (Lipinski definition) is 1. The number of thioether (sulfide) groups is 1. The third kappa shape index (κ3) is 3.49. The van der Waals surface area contributed by atoms with E-state index in [4.69, 9.17) is 5.73 Å². The lowest BCUT2D eigenvalue weighted by Gasteiger charge is -2.06. The second-order valence-corrected chi connectivity index (χ2v) is 6.45. The summed E-state index contributed by atoms with van der Waals surface area (Å²) in [6.07, 6.45) is 0. The summed E-state index contributed by atoms with van der Waals surface area (Å²) < 4.78 is 14.6. The van der Waals surface area contributed by atoms with Crippen LogP contribution in [0.4, 0.5) is 10.1 Å². The molecule has 0 fully saturated rings. The van der Waals surface area contributed by atoms with Gasteiger partial charge < -0.3 is 5.73 Å². The molecule has 0 aliphatic carbocycles. The van der Waals surface area contributed by atoms with Gasteiger partial charge in [-0.05, 0) is 67.8 Å². The zero-order chi connectivity index (χ0) is 13.1. The molecule has 0 heterocycles. The van der Waals surface area contributed by atoms with Crippen molar-refractivity contribution >= 4 is 49.3 Å². The lowest BCUT2D eigenvalue weighted by atomic mass is 10.2. The quantitative estimate of drug-likeness (QED) is 0.573. The maximum absolute atomic E-state index is 13.1. The number of rotatable bonds is 3. The minimum Gasteiger partial charge on any atom is -0.399 e. The Morgan fingerprint density at radius 3 is 2.50 bits per heavy atom. The molecule has 2 rings (SSSR count). The van der Waals surface area contributed by atoms with Crippen LogP contribution in [0.2, 0.25) is 0 Å². The maximum Gasteiger partial charge on any atom is 0.137 e. The topological polar surface area (TPSA) is 26.0 Å². The molecule has 0 unspecified atom stereocenters. The molecule has 0 aliphatic heterocycles. The van der Waals surface area contributed by atoms with Gasteiger partial charge in [-0.3, -0.25) is 0 Å². The minimum atomic E-state index is -0.239. The standard InChI is InChI=1S/C13H10Br2FNS/c14-10-5-8(1-3-12(10)16)7-18-13-4-2-9(17)6-11(13)15/h1-6H,7,17H2. The van der Waals surface area contributed by atoms with Crippen LogP contribution in [0.5, 0.6) is 0 Å². The first-order valence-electron chi connectivity index (χ1n) is 5.18. The van der Waals surface area contributed by atoms with E-state index < -0.39 is 0 Å². The van der Waals surface area contributed by atoms with Crippen LogP contribution in [0.3, 0.4) is 0 Å². The SMILES string of the molecule is Nc1ccc(SCc2ccc(F)c(Br)c2)c(Br)c1. The lowest BCUT2D eigenvalue weighted by Crippen LogP contribution is -1.87. The minimum absolute atomic E-state index is 0.239. The summed E-state index contributed by atoms with van der Waals surface area (Å²) in [5, 5.41) is 0. The predicted octanol–water partition coefficient (Wildman–Crippen LogP) is 5.23. The van der Waals surface area contributed by atoms with Gasteiger partial charge in [0.1, 0.15) is 5.82 Å². The molecule has 0 saturated heterocycles. The first-order chi connectivity index (χ1) is 8.56. The molecule has 2 aromatic carbocycles. The van der Waals surface area contributed by atoms with E-state index in [0.29, 0.717) is 4.47 Å². The Balaban J connectivity index is 2.09. The van der Waals surface area contributed by atoms with Crippen LogP contribution in [0.15, 0.2) is 50.2 Å². The number of hydrogen-bond acceptors (Lipinski definition) is 2. The van der Waals surface area contributed by atoms with Gasteiger partial charge in [0.15, 0.2) is 0 Å². The van der Waals surface area contributed by atoms with Crippen molar-refractivity contribution in [3.8, 4) is 0 Å². The molecule has 5 heteroatoms. The molecule has 1 nitrogen and oxygen atoms in total. The second kappa shape index (κ2) is 6.08. The molecule has 94 valence electrons. The highest BCUT2D eigenvalue weighted by molar-refractivity contribution is 9.10. The molecule has 2 N–H and O–H groups in total. The van der Waals surface area contributed by atoms with Gasteiger partial charge in [-0.1, -0.05) is 6.07 Å². The maximum atomic E-state index is 13.1.